The molecule has 0 radical (unpaired) electrons. The second kappa shape index (κ2) is 6.65. The first kappa shape index (κ1) is 16.5. The maximum Gasteiger partial charge on any atom is 0.289 e. The number of nitrogens with zero attached hydrogens (tertiary/aromatic N) is 3. The summed E-state index contributed by atoms with van der Waals surface area (Å²) < 4.78 is 13.4. The lowest BCUT2D eigenvalue weighted by Crippen LogP contribution is -2.42. The zero-order valence-electron chi connectivity index (χ0n) is 14.4. The Hall–Kier alpha value is -2.34. The summed E-state index contributed by atoms with van der Waals surface area (Å²) in [6.07, 6.45) is 4.15. The van der Waals surface area contributed by atoms with Crippen molar-refractivity contribution in [2.75, 3.05) is 26.8 Å². The van der Waals surface area contributed by atoms with Gasteiger partial charge >= 0.3 is 0 Å². The number of hydrogen-bond acceptors (Lipinski definition) is 4. The molecule has 3 rings (SSSR count). The molecule has 1 atom stereocenters. The summed E-state index contributed by atoms with van der Waals surface area (Å²) in [5, 5.41) is 0. The molecule has 1 fully saturated rings. The van der Waals surface area contributed by atoms with Crippen molar-refractivity contribution in [2.45, 2.75) is 18.9 Å². The van der Waals surface area contributed by atoms with Crippen LogP contribution < -0.4 is 4.74 Å². The van der Waals surface area contributed by atoms with Crippen molar-refractivity contribution in [1.29, 1.82) is 0 Å². The Morgan fingerprint density at radius 3 is 2.92 bits per heavy atom. The topological polar surface area (TPSA) is 56.6 Å². The Labute approximate surface area is 142 Å². The number of carbonyl (C=O) groups is 1. The van der Waals surface area contributed by atoms with E-state index in [1.165, 1.54) is 0 Å². The molecule has 6 nitrogen and oxygen atoms in total. The molecule has 0 saturated carbocycles. The van der Waals surface area contributed by atoms with E-state index in [-0.39, 0.29) is 5.91 Å². The molecule has 6 heteroatoms. The van der Waals surface area contributed by atoms with Crippen molar-refractivity contribution in [3.05, 3.63) is 48.0 Å². The number of likely N-dealkylation sites (tertiary alicyclic amines) is 1. The number of ether oxygens (including phenoxy) is 2. The summed E-state index contributed by atoms with van der Waals surface area (Å²) in [6, 6.07) is 7.93. The molecule has 1 aromatic carbocycles. The van der Waals surface area contributed by atoms with Gasteiger partial charge in [-0.25, -0.2) is 4.98 Å². The number of aryl methyl sites for hydroxylation is 2. The van der Waals surface area contributed by atoms with Crippen LogP contribution in [0.1, 0.15) is 22.6 Å². The SMILES string of the molecule is CO[C@@]1(COc2cccc(C)c2)CCN(C(=O)c2nccn2C)C1. The molecule has 1 amide bonds. The lowest BCUT2D eigenvalue weighted by atomic mass is 10.0. The maximum atomic E-state index is 12.6. The normalized spacial score (nSPS) is 20.4. The lowest BCUT2D eigenvalue weighted by molar-refractivity contribution is -0.0343. The minimum atomic E-state index is -0.482. The molecule has 1 aromatic heterocycles. The second-order valence-corrected chi connectivity index (χ2v) is 6.33. The average Bonchev–Trinajstić information content (AvgIpc) is 3.20. The molecule has 2 aromatic rings. The molecule has 0 spiro atoms. The van der Waals surface area contributed by atoms with E-state index in [1.807, 2.05) is 38.2 Å². The third-order valence-corrected chi connectivity index (χ3v) is 4.54. The van der Waals surface area contributed by atoms with Crippen LogP contribution in [0.4, 0.5) is 0 Å². The van der Waals surface area contributed by atoms with E-state index in [0.717, 1.165) is 17.7 Å². The fourth-order valence-electron chi connectivity index (χ4n) is 2.99. The highest BCUT2D eigenvalue weighted by atomic mass is 16.5. The van der Waals surface area contributed by atoms with Gasteiger partial charge in [-0.1, -0.05) is 12.1 Å². The highest BCUT2D eigenvalue weighted by Gasteiger charge is 2.42. The quantitative estimate of drug-likeness (QED) is 0.842. The highest BCUT2D eigenvalue weighted by molar-refractivity contribution is 5.91. The van der Waals surface area contributed by atoms with Gasteiger partial charge in [0, 0.05) is 33.1 Å². The van der Waals surface area contributed by atoms with Gasteiger partial charge in [-0.2, -0.15) is 0 Å². The summed E-state index contributed by atoms with van der Waals surface area (Å²) in [5.41, 5.74) is 0.668. The standard InChI is InChI=1S/C18H23N3O3/c1-14-5-4-6-15(11-14)24-13-18(23-3)7-9-21(12-18)17(22)16-19-8-10-20(16)2/h4-6,8,10-11H,7,9,12-13H2,1-3H3/t18-/m0/s1. The Bertz CT molecular complexity index is 728. The van der Waals surface area contributed by atoms with Crippen molar-refractivity contribution in [1.82, 2.24) is 14.5 Å². The van der Waals surface area contributed by atoms with Gasteiger partial charge in [-0.05, 0) is 31.0 Å². The molecular weight excluding hydrogens is 306 g/mol. The van der Waals surface area contributed by atoms with Crippen molar-refractivity contribution < 1.29 is 14.3 Å². The van der Waals surface area contributed by atoms with E-state index in [0.29, 0.717) is 25.5 Å². The molecule has 1 aliphatic heterocycles. The molecule has 128 valence electrons. The van der Waals surface area contributed by atoms with Crippen LogP contribution in [-0.2, 0) is 11.8 Å². The zero-order chi connectivity index (χ0) is 17.2. The predicted octanol–water partition coefficient (Wildman–Crippen LogP) is 2.04. The predicted molar refractivity (Wildman–Crippen MR) is 90.1 cm³/mol. The van der Waals surface area contributed by atoms with Crippen LogP contribution in [0.5, 0.6) is 5.75 Å². The Balaban J connectivity index is 1.66. The number of carbonyl (C=O) groups excluding carboxylic acids is 1. The molecule has 1 aliphatic rings. The first-order chi connectivity index (χ1) is 11.5. The van der Waals surface area contributed by atoms with Gasteiger partial charge in [0.15, 0.2) is 5.82 Å². The number of benzene rings is 1. The first-order valence-electron chi connectivity index (χ1n) is 8.04. The van der Waals surface area contributed by atoms with Crippen LogP contribution in [0.3, 0.4) is 0 Å². The molecule has 1 saturated heterocycles. The molecule has 2 heterocycles. The van der Waals surface area contributed by atoms with Crippen LogP contribution in [0.2, 0.25) is 0 Å². The van der Waals surface area contributed by atoms with Gasteiger partial charge < -0.3 is 18.9 Å². The summed E-state index contributed by atoms with van der Waals surface area (Å²) in [4.78, 5) is 18.5. The minimum Gasteiger partial charge on any atom is -0.491 e. The summed E-state index contributed by atoms with van der Waals surface area (Å²) in [5.74, 6) is 1.19. The molecule has 24 heavy (non-hydrogen) atoms. The van der Waals surface area contributed by atoms with Crippen molar-refractivity contribution in [3.63, 3.8) is 0 Å². The van der Waals surface area contributed by atoms with Gasteiger partial charge in [-0.3, -0.25) is 4.79 Å². The molecule has 0 unspecified atom stereocenters. The number of aromatic nitrogens is 2. The number of methoxy groups -OCH3 is 1. The van der Waals surface area contributed by atoms with Crippen molar-refractivity contribution in [2.24, 2.45) is 7.05 Å². The second-order valence-electron chi connectivity index (χ2n) is 6.33. The number of rotatable bonds is 5. The summed E-state index contributed by atoms with van der Waals surface area (Å²) in [7, 11) is 3.50. The van der Waals surface area contributed by atoms with Crippen LogP contribution in [0.15, 0.2) is 36.7 Å². The van der Waals surface area contributed by atoms with E-state index in [2.05, 4.69) is 4.98 Å². The Kier molecular flexibility index (Phi) is 4.57. The van der Waals surface area contributed by atoms with Crippen LogP contribution in [0.25, 0.3) is 0 Å². The smallest absolute Gasteiger partial charge is 0.289 e. The lowest BCUT2D eigenvalue weighted by Gasteiger charge is -2.27. The molecule has 0 bridgehead atoms. The number of imidazole rings is 1. The van der Waals surface area contributed by atoms with Gasteiger partial charge in [0.05, 0.1) is 6.54 Å². The van der Waals surface area contributed by atoms with E-state index >= 15 is 0 Å². The monoisotopic (exact) mass is 329 g/mol. The fraction of sp³-hybridized carbons (Fsp3) is 0.444. The summed E-state index contributed by atoms with van der Waals surface area (Å²) >= 11 is 0. The minimum absolute atomic E-state index is 0.0722. The Morgan fingerprint density at radius 2 is 2.25 bits per heavy atom. The first-order valence-corrected chi connectivity index (χ1v) is 8.04. The van der Waals surface area contributed by atoms with E-state index in [9.17, 15) is 4.79 Å². The number of amides is 1. The average molecular weight is 329 g/mol. The zero-order valence-corrected chi connectivity index (χ0v) is 14.4. The van der Waals surface area contributed by atoms with Gasteiger partial charge in [-0.15, -0.1) is 0 Å². The molecule has 0 aliphatic carbocycles. The van der Waals surface area contributed by atoms with Crippen LogP contribution in [-0.4, -0.2) is 52.8 Å². The van der Waals surface area contributed by atoms with Gasteiger partial charge in [0.1, 0.15) is 18.0 Å². The molecular formula is C18H23N3O3. The van der Waals surface area contributed by atoms with E-state index in [4.69, 9.17) is 9.47 Å². The Morgan fingerprint density at radius 1 is 1.42 bits per heavy atom. The fourth-order valence-corrected chi connectivity index (χ4v) is 2.99. The van der Waals surface area contributed by atoms with Gasteiger partial charge in [0.25, 0.3) is 5.91 Å². The van der Waals surface area contributed by atoms with Gasteiger partial charge in [0.2, 0.25) is 0 Å². The molecule has 0 N–H and O–H groups in total. The largest absolute Gasteiger partial charge is 0.491 e. The highest BCUT2D eigenvalue weighted by Crippen LogP contribution is 2.27. The maximum absolute atomic E-state index is 12.6. The van der Waals surface area contributed by atoms with Crippen LogP contribution in [0, 0.1) is 6.92 Å². The third-order valence-electron chi connectivity index (χ3n) is 4.54. The van der Waals surface area contributed by atoms with Crippen molar-refractivity contribution >= 4 is 5.91 Å². The summed E-state index contributed by atoms with van der Waals surface area (Å²) in [6.45, 7) is 3.58. The van der Waals surface area contributed by atoms with Crippen LogP contribution >= 0.6 is 0 Å². The van der Waals surface area contributed by atoms with Crippen molar-refractivity contribution in [3.8, 4) is 5.75 Å². The third kappa shape index (κ3) is 3.28. The van der Waals surface area contributed by atoms with E-state index in [1.54, 1.807) is 29.0 Å². The van der Waals surface area contributed by atoms with E-state index < -0.39 is 5.60 Å². The number of hydrogen-bond donors (Lipinski definition) is 0.